The van der Waals surface area contributed by atoms with Crippen molar-refractivity contribution in [1.29, 1.82) is 0 Å². The molecule has 4 N–H and O–H groups in total. The van der Waals surface area contributed by atoms with Gasteiger partial charge >= 0.3 is 18.1 Å². The Morgan fingerprint density at radius 1 is 0.844 bits per heavy atom. The number of anilines is 1. The zero-order valence-corrected chi connectivity index (χ0v) is 41.8. The van der Waals surface area contributed by atoms with Gasteiger partial charge in [-0.1, -0.05) is 84.6 Å². The summed E-state index contributed by atoms with van der Waals surface area (Å²) < 4.78 is 29.9. The second-order valence-electron chi connectivity index (χ2n) is 18.8. The standard InChI is InChI=1S/C58H52N6O13/c1-73-46-31-39-24-26-61(33-41(39)32-47(46)74-2)53(66)48-50-54(67)77-51(38-14-7-4-8-15-38)49(37-12-5-3-6-13-37)63(50)52(40-16-9-17-43(30-40)75-28-27-65)58(48)44-29-35(11-10-25-60-56(59)69)20-23-45(44)62(55(58)68)57(70)76-34-36-18-21-42(22-19-36)64(71)72/h3-9,12-23,29-32,48-52,65H,24-28,33-34H2,1-2H3,(H3,59,60,69). The number of hydrogen-bond acceptors (Lipinski definition) is 14. The first-order valence-corrected chi connectivity index (χ1v) is 24.7. The zero-order valence-electron chi connectivity index (χ0n) is 41.8. The molecule has 1 spiro atoms. The summed E-state index contributed by atoms with van der Waals surface area (Å²) in [6.07, 6.45) is -1.79. The number of primary amides is 1. The van der Waals surface area contributed by atoms with Crippen LogP contribution in [0.25, 0.3) is 0 Å². The summed E-state index contributed by atoms with van der Waals surface area (Å²) >= 11 is 0. The van der Waals surface area contributed by atoms with E-state index in [2.05, 4.69) is 17.2 Å². The van der Waals surface area contributed by atoms with E-state index < -0.39 is 77.0 Å². The minimum absolute atomic E-state index is 0.0323. The molecule has 19 heteroatoms. The maximum Gasteiger partial charge on any atom is 0.421 e. The number of morpholine rings is 1. The lowest BCUT2D eigenvalue weighted by Gasteiger charge is -2.46. The molecular formula is C58H52N6O13. The highest BCUT2D eigenvalue weighted by atomic mass is 16.6. The molecule has 19 nitrogen and oxygen atoms in total. The number of fused-ring (bicyclic) bond motifs is 4. The summed E-state index contributed by atoms with van der Waals surface area (Å²) in [5.41, 5.74) is 7.21. The van der Waals surface area contributed by atoms with Gasteiger partial charge < -0.3 is 44.7 Å². The number of nitrogens with two attached hydrogens (primary N) is 1. The van der Waals surface area contributed by atoms with E-state index in [0.29, 0.717) is 51.5 Å². The van der Waals surface area contributed by atoms with E-state index in [0.717, 1.165) is 16.0 Å². The minimum atomic E-state index is -2.21. The van der Waals surface area contributed by atoms with Crippen LogP contribution in [-0.2, 0) is 48.8 Å². The average molecular weight is 1040 g/mol. The van der Waals surface area contributed by atoms with E-state index in [1.807, 2.05) is 71.6 Å². The lowest BCUT2D eigenvalue weighted by Crippen LogP contribution is -2.57. The van der Waals surface area contributed by atoms with Crippen LogP contribution in [0.1, 0.15) is 62.7 Å². The quantitative estimate of drug-likeness (QED) is 0.0479. The summed E-state index contributed by atoms with van der Waals surface area (Å²) in [5.74, 6) is 3.21. The fraction of sp³-hybridized carbons (Fsp3) is 0.259. The van der Waals surface area contributed by atoms with Gasteiger partial charge in [-0.15, -0.1) is 0 Å². The van der Waals surface area contributed by atoms with Crippen LogP contribution in [0.15, 0.2) is 140 Å². The smallest absolute Gasteiger partial charge is 0.421 e. The van der Waals surface area contributed by atoms with Gasteiger partial charge in [0.1, 0.15) is 36.5 Å². The molecule has 0 aliphatic carbocycles. The molecule has 6 atom stereocenters. The second kappa shape index (κ2) is 21.5. The number of nitro groups is 1. The van der Waals surface area contributed by atoms with Crippen LogP contribution in [0.4, 0.5) is 21.0 Å². The molecule has 6 unspecified atom stereocenters. The van der Waals surface area contributed by atoms with Crippen LogP contribution in [-0.4, -0.2) is 96.3 Å². The van der Waals surface area contributed by atoms with Crippen molar-refractivity contribution < 1.29 is 57.7 Å². The van der Waals surface area contributed by atoms with E-state index >= 15 is 19.2 Å². The second-order valence-corrected chi connectivity index (χ2v) is 18.8. The molecule has 0 radical (unpaired) electrons. The van der Waals surface area contributed by atoms with Crippen molar-refractivity contribution in [2.24, 2.45) is 11.7 Å². The van der Waals surface area contributed by atoms with Crippen molar-refractivity contribution in [3.05, 3.63) is 194 Å². The Bertz CT molecular complexity index is 3350. The number of nitrogens with one attached hydrogen (secondary N) is 1. The molecule has 4 aliphatic heterocycles. The maximum absolute atomic E-state index is 16.8. The van der Waals surface area contributed by atoms with Gasteiger partial charge in [0.25, 0.3) is 5.69 Å². The van der Waals surface area contributed by atoms with Crippen molar-refractivity contribution in [3.8, 4) is 29.1 Å². The largest absolute Gasteiger partial charge is 0.493 e. The molecule has 6 aromatic rings. The Morgan fingerprint density at radius 2 is 1.53 bits per heavy atom. The molecule has 0 saturated carbocycles. The number of benzene rings is 6. The van der Waals surface area contributed by atoms with Crippen LogP contribution in [0.2, 0.25) is 0 Å². The Labute approximate surface area is 442 Å². The number of methoxy groups -OCH3 is 2. The third-order valence-corrected chi connectivity index (χ3v) is 14.6. The van der Waals surface area contributed by atoms with E-state index in [-0.39, 0.29) is 49.8 Å². The third-order valence-electron chi connectivity index (χ3n) is 14.6. The number of carbonyl (C=O) groups excluding carboxylic acids is 5. The number of nitrogens with zero attached hydrogens (tertiary/aromatic N) is 4. The molecule has 6 aromatic carbocycles. The Hall–Kier alpha value is -9.25. The van der Waals surface area contributed by atoms with Crippen LogP contribution >= 0.6 is 0 Å². The van der Waals surface area contributed by atoms with Crippen molar-refractivity contribution in [1.82, 2.24) is 15.1 Å². The van der Waals surface area contributed by atoms with Gasteiger partial charge in [-0.25, -0.2) is 14.5 Å². The first-order chi connectivity index (χ1) is 37.4. The monoisotopic (exact) mass is 1040 g/mol. The number of rotatable bonds is 13. The van der Waals surface area contributed by atoms with Gasteiger partial charge in [-0.2, -0.15) is 0 Å². The van der Waals surface area contributed by atoms with Gasteiger partial charge in [0, 0.05) is 30.8 Å². The number of ether oxygens (including phenoxy) is 5. The number of nitro benzene ring substituents is 1. The topological polar surface area (TPSA) is 243 Å². The summed E-state index contributed by atoms with van der Waals surface area (Å²) in [6.45, 7) is -0.768. The lowest BCUT2D eigenvalue weighted by atomic mass is 9.64. The third kappa shape index (κ3) is 9.38. The Balaban J connectivity index is 1.24. The summed E-state index contributed by atoms with van der Waals surface area (Å²) in [5, 5.41) is 23.8. The van der Waals surface area contributed by atoms with Gasteiger partial charge in [-0.3, -0.25) is 29.4 Å². The number of hydrogen-bond donors (Lipinski definition) is 3. The first-order valence-electron chi connectivity index (χ1n) is 24.7. The number of cyclic esters (lactones) is 1. The predicted molar refractivity (Wildman–Crippen MR) is 277 cm³/mol. The fourth-order valence-electron chi connectivity index (χ4n) is 11.4. The zero-order chi connectivity index (χ0) is 54.0. The Kier molecular flexibility index (Phi) is 14.3. The molecule has 4 aliphatic rings. The molecule has 4 heterocycles. The van der Waals surface area contributed by atoms with E-state index in [1.165, 1.54) is 44.6 Å². The number of carbonyl (C=O) groups is 5. The van der Waals surface area contributed by atoms with E-state index in [9.17, 15) is 20.0 Å². The number of imide groups is 1. The van der Waals surface area contributed by atoms with Gasteiger partial charge in [-0.05, 0) is 100.0 Å². The van der Waals surface area contributed by atoms with Crippen molar-refractivity contribution >= 4 is 41.3 Å². The number of amides is 5. The van der Waals surface area contributed by atoms with Gasteiger partial charge in [0.2, 0.25) is 11.8 Å². The molecule has 5 amide bonds. The number of aliphatic hydroxyl groups excluding tert-OH is 1. The SMILES string of the molecule is COc1cc2c(cc1OC)CN(C(=O)C1C3C(=O)OC(c4ccccc4)C(c4ccccc4)N3C(c3cccc(OCCO)c3)C13C(=O)N(C(=O)OCc1ccc([N+](=O)[O-])cc1)c1ccc(C#CCNC(N)=O)cc13)CC2. The van der Waals surface area contributed by atoms with Crippen molar-refractivity contribution in [3.63, 3.8) is 0 Å². The van der Waals surface area contributed by atoms with E-state index in [1.54, 1.807) is 47.4 Å². The molecule has 2 saturated heterocycles. The lowest BCUT2D eigenvalue weighted by molar-refractivity contribution is -0.384. The number of esters is 1. The molecule has 10 rings (SSSR count). The number of non-ortho nitro benzene ring substituents is 1. The molecule has 0 aromatic heterocycles. The van der Waals surface area contributed by atoms with Crippen LogP contribution in [0, 0.1) is 27.9 Å². The number of urea groups is 1. The molecule has 0 bridgehead atoms. The normalized spacial score (nSPS) is 21.2. The van der Waals surface area contributed by atoms with E-state index in [4.69, 9.17) is 29.4 Å². The van der Waals surface area contributed by atoms with Crippen molar-refractivity contribution in [2.75, 3.05) is 45.4 Å². The summed E-state index contributed by atoms with van der Waals surface area (Å²) in [4.78, 5) is 91.2. The first kappa shape index (κ1) is 51.2. The highest BCUT2D eigenvalue weighted by molar-refractivity contribution is 6.23. The fourth-order valence-corrected chi connectivity index (χ4v) is 11.4. The predicted octanol–water partition coefficient (Wildman–Crippen LogP) is 6.59. The maximum atomic E-state index is 16.8. The Morgan fingerprint density at radius 3 is 2.21 bits per heavy atom. The van der Waals surface area contributed by atoms with Crippen LogP contribution in [0.5, 0.6) is 17.2 Å². The summed E-state index contributed by atoms with van der Waals surface area (Å²) in [7, 11) is 3.05. The number of aliphatic hydroxyl groups is 1. The minimum Gasteiger partial charge on any atom is -0.493 e. The average Bonchev–Trinajstić information content (AvgIpc) is 4.15. The van der Waals surface area contributed by atoms with Crippen LogP contribution in [0.3, 0.4) is 0 Å². The highest BCUT2D eigenvalue weighted by Crippen LogP contribution is 2.66. The van der Waals surface area contributed by atoms with Crippen LogP contribution < -0.4 is 30.2 Å². The molecular weight excluding hydrogens is 989 g/mol. The van der Waals surface area contributed by atoms with Gasteiger partial charge in [0.15, 0.2) is 11.5 Å². The van der Waals surface area contributed by atoms with Gasteiger partial charge in [0.05, 0.1) is 56.0 Å². The van der Waals surface area contributed by atoms with Crippen molar-refractivity contribution in [2.45, 2.75) is 49.2 Å². The molecule has 392 valence electrons. The summed E-state index contributed by atoms with van der Waals surface area (Å²) in [6, 6.07) is 34.6. The molecule has 2 fully saturated rings. The highest BCUT2D eigenvalue weighted by Gasteiger charge is 2.76. The molecule has 77 heavy (non-hydrogen) atoms.